The third kappa shape index (κ3) is 4.62. The molecule has 2 amide bonds. The van der Waals surface area contributed by atoms with Gasteiger partial charge in [0.15, 0.2) is 6.10 Å². The average molecular weight is 414 g/mol. The van der Waals surface area contributed by atoms with Crippen LogP contribution in [0.15, 0.2) is 28.8 Å². The van der Waals surface area contributed by atoms with E-state index in [4.69, 9.17) is 14.0 Å². The molecular weight excluding hydrogens is 388 g/mol. The van der Waals surface area contributed by atoms with Crippen LogP contribution >= 0.6 is 0 Å². The van der Waals surface area contributed by atoms with Crippen molar-refractivity contribution in [1.29, 1.82) is 0 Å². The van der Waals surface area contributed by atoms with Gasteiger partial charge < -0.3 is 23.8 Å². The van der Waals surface area contributed by atoms with Crippen LogP contribution in [0.3, 0.4) is 0 Å². The number of methoxy groups -OCH3 is 1. The highest BCUT2D eigenvalue weighted by Gasteiger charge is 2.31. The van der Waals surface area contributed by atoms with Gasteiger partial charge in [0, 0.05) is 25.1 Å². The summed E-state index contributed by atoms with van der Waals surface area (Å²) in [5.41, 5.74) is 0.771. The second kappa shape index (κ2) is 9.25. The minimum absolute atomic E-state index is 0.0606. The Bertz CT molecular complexity index is 899. The third-order valence-corrected chi connectivity index (χ3v) is 5.46. The molecule has 160 valence electrons. The second-order valence-electron chi connectivity index (χ2n) is 7.51. The van der Waals surface area contributed by atoms with Crippen molar-refractivity contribution in [1.82, 2.24) is 19.9 Å². The van der Waals surface area contributed by atoms with E-state index < -0.39 is 6.10 Å². The first kappa shape index (κ1) is 20.3. The predicted octanol–water partition coefficient (Wildman–Crippen LogP) is 2.05. The molecule has 1 aromatic heterocycles. The van der Waals surface area contributed by atoms with E-state index in [-0.39, 0.29) is 18.4 Å². The number of rotatable bonds is 5. The maximum atomic E-state index is 12.8. The molecule has 1 atom stereocenters. The van der Waals surface area contributed by atoms with Gasteiger partial charge in [-0.2, -0.15) is 4.98 Å². The molecule has 0 saturated carbocycles. The zero-order valence-electron chi connectivity index (χ0n) is 17.1. The Hall–Kier alpha value is -2.94. The predicted molar refractivity (Wildman–Crippen MR) is 107 cm³/mol. The van der Waals surface area contributed by atoms with Crippen LogP contribution < -0.4 is 4.74 Å². The van der Waals surface area contributed by atoms with Gasteiger partial charge in [-0.05, 0) is 25.0 Å². The monoisotopic (exact) mass is 414 g/mol. The quantitative estimate of drug-likeness (QED) is 0.738. The number of benzene rings is 1. The van der Waals surface area contributed by atoms with Crippen molar-refractivity contribution in [3.05, 3.63) is 30.2 Å². The number of carbonyl (C=O) groups excluding carboxylic acids is 2. The largest absolute Gasteiger partial charge is 0.497 e. The SMILES string of the molecule is COc1cccc(-c2noc(C3CN(C(=O)CN4CCCCCC4=O)CCO3)n2)c1. The Morgan fingerprint density at radius 3 is 3.03 bits per heavy atom. The van der Waals surface area contributed by atoms with Gasteiger partial charge in [-0.1, -0.05) is 23.7 Å². The molecule has 0 aliphatic carbocycles. The van der Waals surface area contributed by atoms with Crippen LogP contribution in [-0.2, 0) is 14.3 Å². The van der Waals surface area contributed by atoms with Crippen molar-refractivity contribution < 1.29 is 23.6 Å². The number of nitrogens with zero attached hydrogens (tertiary/aromatic N) is 4. The fraction of sp³-hybridized carbons (Fsp3) is 0.524. The van der Waals surface area contributed by atoms with Crippen LogP contribution in [0.5, 0.6) is 5.75 Å². The van der Waals surface area contributed by atoms with Crippen LogP contribution in [0.1, 0.15) is 37.7 Å². The number of carbonyl (C=O) groups is 2. The van der Waals surface area contributed by atoms with Crippen molar-refractivity contribution in [2.45, 2.75) is 31.8 Å². The lowest BCUT2D eigenvalue weighted by Gasteiger charge is -2.32. The fourth-order valence-corrected chi connectivity index (χ4v) is 3.74. The molecule has 2 aliphatic rings. The molecule has 1 aromatic carbocycles. The van der Waals surface area contributed by atoms with Crippen molar-refractivity contribution in [2.75, 3.05) is 39.9 Å². The first-order valence-electron chi connectivity index (χ1n) is 10.3. The normalized spacial score (nSPS) is 20.2. The van der Waals surface area contributed by atoms with Gasteiger partial charge in [-0.3, -0.25) is 9.59 Å². The van der Waals surface area contributed by atoms with Gasteiger partial charge >= 0.3 is 0 Å². The lowest BCUT2D eigenvalue weighted by Crippen LogP contribution is -2.47. The number of aromatic nitrogens is 2. The first-order chi connectivity index (χ1) is 14.6. The number of hydrogen-bond donors (Lipinski definition) is 0. The number of amides is 2. The molecule has 2 fully saturated rings. The molecule has 9 heteroatoms. The lowest BCUT2D eigenvalue weighted by molar-refractivity contribution is -0.145. The number of likely N-dealkylation sites (tertiary alicyclic amines) is 1. The minimum atomic E-state index is -0.491. The summed E-state index contributed by atoms with van der Waals surface area (Å²) in [7, 11) is 1.60. The standard InChI is InChI=1S/C21H26N4O5/c1-28-16-7-5-6-15(12-16)20-22-21(30-23-20)17-13-25(10-11-29-17)19(27)14-24-9-4-2-3-8-18(24)26/h5-7,12,17H,2-4,8-11,13-14H2,1H3. The van der Waals surface area contributed by atoms with E-state index in [0.717, 1.165) is 24.8 Å². The van der Waals surface area contributed by atoms with Crippen LogP contribution in [0.4, 0.5) is 0 Å². The molecule has 2 saturated heterocycles. The summed E-state index contributed by atoms with van der Waals surface area (Å²) >= 11 is 0. The Morgan fingerprint density at radius 1 is 1.27 bits per heavy atom. The summed E-state index contributed by atoms with van der Waals surface area (Å²) in [6.45, 7) is 1.94. The van der Waals surface area contributed by atoms with E-state index in [1.807, 2.05) is 24.3 Å². The highest BCUT2D eigenvalue weighted by molar-refractivity contribution is 5.85. The summed E-state index contributed by atoms with van der Waals surface area (Å²) in [5, 5.41) is 4.04. The number of ether oxygens (including phenoxy) is 2. The Balaban J connectivity index is 1.40. The highest BCUT2D eigenvalue weighted by atomic mass is 16.5. The Morgan fingerprint density at radius 2 is 2.17 bits per heavy atom. The topological polar surface area (TPSA) is 98.0 Å². The van der Waals surface area contributed by atoms with Gasteiger partial charge in [0.25, 0.3) is 5.89 Å². The van der Waals surface area contributed by atoms with E-state index >= 15 is 0 Å². The smallest absolute Gasteiger partial charge is 0.257 e. The van der Waals surface area contributed by atoms with E-state index in [1.54, 1.807) is 16.9 Å². The molecule has 2 aliphatic heterocycles. The molecule has 0 radical (unpaired) electrons. The molecule has 0 spiro atoms. The molecule has 4 rings (SSSR count). The Kier molecular flexibility index (Phi) is 6.27. The summed E-state index contributed by atoms with van der Waals surface area (Å²) in [4.78, 5) is 32.8. The highest BCUT2D eigenvalue weighted by Crippen LogP contribution is 2.26. The van der Waals surface area contributed by atoms with Crippen LogP contribution in [0.25, 0.3) is 11.4 Å². The minimum Gasteiger partial charge on any atom is -0.497 e. The maximum Gasteiger partial charge on any atom is 0.257 e. The molecule has 30 heavy (non-hydrogen) atoms. The van der Waals surface area contributed by atoms with Gasteiger partial charge in [0.05, 0.1) is 26.8 Å². The van der Waals surface area contributed by atoms with Crippen molar-refractivity contribution in [3.63, 3.8) is 0 Å². The summed E-state index contributed by atoms with van der Waals surface area (Å²) in [6, 6.07) is 7.39. The Labute approximate surface area is 174 Å². The van der Waals surface area contributed by atoms with Crippen LogP contribution in [-0.4, -0.2) is 71.7 Å². The molecule has 3 heterocycles. The van der Waals surface area contributed by atoms with Crippen LogP contribution in [0, 0.1) is 0 Å². The second-order valence-corrected chi connectivity index (χ2v) is 7.51. The molecule has 0 N–H and O–H groups in total. The number of morpholine rings is 1. The van der Waals surface area contributed by atoms with Crippen molar-refractivity contribution in [2.24, 2.45) is 0 Å². The third-order valence-electron chi connectivity index (χ3n) is 5.46. The summed E-state index contributed by atoms with van der Waals surface area (Å²) in [5.74, 6) is 1.45. The van der Waals surface area contributed by atoms with Crippen molar-refractivity contribution in [3.8, 4) is 17.1 Å². The molecule has 2 aromatic rings. The van der Waals surface area contributed by atoms with E-state index in [1.165, 1.54) is 0 Å². The number of hydrogen-bond acceptors (Lipinski definition) is 7. The first-order valence-corrected chi connectivity index (χ1v) is 10.3. The molecule has 1 unspecified atom stereocenters. The lowest BCUT2D eigenvalue weighted by atomic mass is 10.2. The van der Waals surface area contributed by atoms with Crippen molar-refractivity contribution >= 4 is 11.8 Å². The zero-order chi connectivity index (χ0) is 20.9. The summed E-state index contributed by atoms with van der Waals surface area (Å²) < 4.78 is 16.4. The average Bonchev–Trinajstić information content (AvgIpc) is 3.20. The van der Waals surface area contributed by atoms with E-state index in [2.05, 4.69) is 10.1 Å². The van der Waals surface area contributed by atoms with E-state index in [9.17, 15) is 9.59 Å². The van der Waals surface area contributed by atoms with E-state index in [0.29, 0.717) is 50.1 Å². The molecule has 0 bridgehead atoms. The van der Waals surface area contributed by atoms with Crippen LogP contribution in [0.2, 0.25) is 0 Å². The van der Waals surface area contributed by atoms with Gasteiger partial charge in [0.2, 0.25) is 17.6 Å². The fourth-order valence-electron chi connectivity index (χ4n) is 3.74. The van der Waals surface area contributed by atoms with Gasteiger partial charge in [0.1, 0.15) is 5.75 Å². The maximum absolute atomic E-state index is 12.8. The van der Waals surface area contributed by atoms with Gasteiger partial charge in [-0.25, -0.2) is 0 Å². The molecule has 9 nitrogen and oxygen atoms in total. The zero-order valence-corrected chi connectivity index (χ0v) is 17.1. The molecular formula is C21H26N4O5. The van der Waals surface area contributed by atoms with Gasteiger partial charge in [-0.15, -0.1) is 0 Å². The summed E-state index contributed by atoms with van der Waals surface area (Å²) in [6.07, 6.45) is 2.90.